The lowest BCUT2D eigenvalue weighted by molar-refractivity contribution is -0.190. The zero-order valence-corrected chi connectivity index (χ0v) is 14.1. The second kappa shape index (κ2) is 7.36. The number of hydrogen-bond donors (Lipinski definition) is 1. The average molecular weight is 355 g/mol. The zero-order chi connectivity index (χ0) is 17.9. The summed E-state index contributed by atoms with van der Waals surface area (Å²) in [6.45, 7) is 1.51. The molecule has 3 nitrogen and oxygen atoms in total. The largest absolute Gasteiger partial charge is 0.454 e. The molecule has 0 radical (unpaired) electrons. The molecule has 2 aliphatic rings. The van der Waals surface area contributed by atoms with Crippen LogP contribution in [0.3, 0.4) is 0 Å². The van der Waals surface area contributed by atoms with Crippen molar-refractivity contribution in [3.63, 3.8) is 0 Å². The van der Waals surface area contributed by atoms with Gasteiger partial charge in [-0.2, -0.15) is 13.2 Å². The molecule has 0 aromatic heterocycles. The molecule has 0 bridgehead atoms. The molecule has 1 saturated heterocycles. The first-order valence-corrected chi connectivity index (χ1v) is 8.96. The molecule has 1 heterocycles. The minimum atomic E-state index is -4.16. The number of nitrogens with one attached hydrogen (secondary N) is 1. The van der Waals surface area contributed by atoms with E-state index in [0.29, 0.717) is 12.8 Å². The van der Waals surface area contributed by atoms with Gasteiger partial charge in [0.15, 0.2) is 0 Å². The second-order valence-corrected chi connectivity index (χ2v) is 7.12. The lowest BCUT2D eigenvalue weighted by atomic mass is 9.81. The fourth-order valence-electron chi connectivity index (χ4n) is 3.95. The van der Waals surface area contributed by atoms with Crippen LogP contribution in [0.15, 0.2) is 30.3 Å². The fraction of sp³-hybridized carbons (Fsp3) is 0.632. The Kier molecular flexibility index (Phi) is 5.37. The number of esters is 1. The Labute approximate surface area is 145 Å². The highest BCUT2D eigenvalue weighted by molar-refractivity contribution is 5.73. The van der Waals surface area contributed by atoms with E-state index >= 15 is 0 Å². The van der Waals surface area contributed by atoms with E-state index < -0.39 is 23.6 Å². The van der Waals surface area contributed by atoms with Gasteiger partial charge in [-0.25, -0.2) is 0 Å². The lowest BCUT2D eigenvalue weighted by Crippen LogP contribution is -2.44. The maximum absolute atomic E-state index is 12.8. The third-order valence-corrected chi connectivity index (χ3v) is 5.53. The molecule has 0 atom stereocenters. The summed E-state index contributed by atoms with van der Waals surface area (Å²) < 4.78 is 44.4. The van der Waals surface area contributed by atoms with Crippen LogP contribution in [0, 0.1) is 11.8 Å². The molecular formula is C19H24F3NO2. The Balaban J connectivity index is 1.68. The van der Waals surface area contributed by atoms with Crippen molar-refractivity contribution in [2.45, 2.75) is 50.3 Å². The molecule has 3 rings (SSSR count). The number of benzene rings is 1. The quantitative estimate of drug-likeness (QED) is 0.827. The summed E-state index contributed by atoms with van der Waals surface area (Å²) in [6, 6.07) is 9.67. The summed E-state index contributed by atoms with van der Waals surface area (Å²) in [5.41, 5.74) is 0.304. The van der Waals surface area contributed by atoms with E-state index in [9.17, 15) is 18.0 Å². The molecule has 25 heavy (non-hydrogen) atoms. The molecule has 1 N–H and O–H groups in total. The van der Waals surface area contributed by atoms with Crippen molar-refractivity contribution >= 4 is 5.97 Å². The standard InChI is InChI=1S/C19H24F3NO2/c20-19(21,22)16-8-6-14(7-9-16)17(24)25-18(10-12-23-13-11-18)15-4-2-1-3-5-15/h1-5,14,16,23H,6-13H2. The summed E-state index contributed by atoms with van der Waals surface area (Å²) in [4.78, 5) is 12.7. The Bertz CT molecular complexity index is 574. The average Bonchev–Trinajstić information content (AvgIpc) is 2.62. The minimum absolute atomic E-state index is 0.0170. The molecule has 1 aromatic carbocycles. The maximum atomic E-state index is 12.8. The van der Waals surface area contributed by atoms with Crippen LogP contribution in [0.25, 0.3) is 0 Å². The predicted octanol–water partition coefficient (Wildman–Crippen LogP) is 4.18. The maximum Gasteiger partial charge on any atom is 0.391 e. The molecule has 0 unspecified atom stereocenters. The Hall–Kier alpha value is -1.56. The van der Waals surface area contributed by atoms with Crippen LogP contribution >= 0.6 is 0 Å². The van der Waals surface area contributed by atoms with Gasteiger partial charge in [-0.15, -0.1) is 0 Å². The van der Waals surface area contributed by atoms with Gasteiger partial charge in [0.1, 0.15) is 5.60 Å². The van der Waals surface area contributed by atoms with Crippen molar-refractivity contribution in [2.24, 2.45) is 11.8 Å². The number of rotatable bonds is 3. The van der Waals surface area contributed by atoms with Crippen LogP contribution in [-0.4, -0.2) is 25.2 Å². The first-order chi connectivity index (χ1) is 11.9. The van der Waals surface area contributed by atoms with Gasteiger partial charge in [0.2, 0.25) is 0 Å². The minimum Gasteiger partial charge on any atom is -0.454 e. The van der Waals surface area contributed by atoms with Gasteiger partial charge in [-0.1, -0.05) is 30.3 Å². The SMILES string of the molecule is O=C(OC1(c2ccccc2)CCNCC1)C1CCC(C(F)(F)F)CC1. The summed E-state index contributed by atoms with van der Waals surface area (Å²) in [6.07, 6.45) is -2.25. The number of carbonyl (C=O) groups is 1. The molecule has 0 spiro atoms. The fourth-order valence-corrected chi connectivity index (χ4v) is 3.95. The number of hydrogen-bond acceptors (Lipinski definition) is 3. The Morgan fingerprint density at radius 2 is 1.64 bits per heavy atom. The summed E-state index contributed by atoms with van der Waals surface area (Å²) in [5.74, 6) is -2.04. The number of carbonyl (C=O) groups excluding carboxylic acids is 1. The van der Waals surface area contributed by atoms with Crippen molar-refractivity contribution < 1.29 is 22.7 Å². The zero-order valence-electron chi connectivity index (χ0n) is 14.1. The highest BCUT2D eigenvalue weighted by atomic mass is 19.4. The number of piperidine rings is 1. The highest BCUT2D eigenvalue weighted by Crippen LogP contribution is 2.41. The monoisotopic (exact) mass is 355 g/mol. The normalized spacial score (nSPS) is 26.8. The first-order valence-electron chi connectivity index (χ1n) is 8.96. The highest BCUT2D eigenvalue weighted by Gasteiger charge is 2.44. The summed E-state index contributed by atoms with van der Waals surface area (Å²) in [5, 5.41) is 3.27. The van der Waals surface area contributed by atoms with Gasteiger partial charge in [-0.05, 0) is 44.3 Å². The van der Waals surface area contributed by atoms with Crippen molar-refractivity contribution in [3.8, 4) is 0 Å². The number of ether oxygens (including phenoxy) is 1. The molecule has 0 amide bonds. The molecule has 1 aromatic rings. The molecular weight excluding hydrogens is 331 g/mol. The van der Waals surface area contributed by atoms with Gasteiger partial charge in [-0.3, -0.25) is 4.79 Å². The molecule has 2 fully saturated rings. The van der Waals surface area contributed by atoms with E-state index in [4.69, 9.17) is 4.74 Å². The number of halogens is 3. The molecule has 1 aliphatic heterocycles. The lowest BCUT2D eigenvalue weighted by Gasteiger charge is -2.39. The van der Waals surface area contributed by atoms with Gasteiger partial charge in [0.25, 0.3) is 0 Å². The van der Waals surface area contributed by atoms with E-state index in [0.717, 1.165) is 18.7 Å². The van der Waals surface area contributed by atoms with E-state index in [1.54, 1.807) is 0 Å². The second-order valence-electron chi connectivity index (χ2n) is 7.12. The molecule has 138 valence electrons. The first kappa shape index (κ1) is 18.2. The molecule has 1 aliphatic carbocycles. The van der Waals surface area contributed by atoms with Crippen LogP contribution in [0.1, 0.15) is 44.1 Å². The van der Waals surface area contributed by atoms with Crippen LogP contribution < -0.4 is 5.32 Å². The van der Waals surface area contributed by atoms with Gasteiger partial charge >= 0.3 is 12.1 Å². The van der Waals surface area contributed by atoms with E-state index in [1.807, 2.05) is 30.3 Å². The van der Waals surface area contributed by atoms with Crippen molar-refractivity contribution in [1.29, 1.82) is 0 Å². The topological polar surface area (TPSA) is 38.3 Å². The van der Waals surface area contributed by atoms with Gasteiger partial charge < -0.3 is 10.1 Å². The molecule has 1 saturated carbocycles. The third kappa shape index (κ3) is 4.17. The van der Waals surface area contributed by atoms with Crippen LogP contribution in [-0.2, 0) is 15.1 Å². The van der Waals surface area contributed by atoms with Crippen LogP contribution in [0.2, 0.25) is 0 Å². The Morgan fingerprint density at radius 3 is 2.20 bits per heavy atom. The predicted molar refractivity (Wildman–Crippen MR) is 87.8 cm³/mol. The van der Waals surface area contributed by atoms with Gasteiger partial charge in [0.05, 0.1) is 11.8 Å². The third-order valence-electron chi connectivity index (χ3n) is 5.53. The molecule has 6 heteroatoms. The Morgan fingerprint density at radius 1 is 1.04 bits per heavy atom. The van der Waals surface area contributed by atoms with Crippen molar-refractivity contribution in [2.75, 3.05) is 13.1 Å². The van der Waals surface area contributed by atoms with Crippen LogP contribution in [0.4, 0.5) is 13.2 Å². The summed E-state index contributed by atoms with van der Waals surface area (Å²) in [7, 11) is 0. The van der Waals surface area contributed by atoms with Crippen molar-refractivity contribution in [1.82, 2.24) is 5.32 Å². The number of alkyl halides is 3. The van der Waals surface area contributed by atoms with E-state index in [2.05, 4.69) is 5.32 Å². The van der Waals surface area contributed by atoms with Gasteiger partial charge in [0, 0.05) is 12.8 Å². The van der Waals surface area contributed by atoms with Crippen LogP contribution in [0.5, 0.6) is 0 Å². The van der Waals surface area contributed by atoms with E-state index in [-0.39, 0.29) is 31.7 Å². The van der Waals surface area contributed by atoms with E-state index in [1.165, 1.54) is 0 Å². The van der Waals surface area contributed by atoms with Crippen molar-refractivity contribution in [3.05, 3.63) is 35.9 Å². The summed E-state index contributed by atoms with van der Waals surface area (Å²) >= 11 is 0. The smallest absolute Gasteiger partial charge is 0.391 e.